The lowest BCUT2D eigenvalue weighted by molar-refractivity contribution is -0.116. The Bertz CT molecular complexity index is 1410. The van der Waals surface area contributed by atoms with E-state index in [0.717, 1.165) is 5.56 Å². The van der Waals surface area contributed by atoms with E-state index in [4.69, 9.17) is 11.6 Å². The van der Waals surface area contributed by atoms with E-state index in [0.29, 0.717) is 46.8 Å². The lowest BCUT2D eigenvalue weighted by atomic mass is 9.73. The van der Waals surface area contributed by atoms with Gasteiger partial charge in [-0.25, -0.2) is 4.39 Å². The third-order valence-corrected chi connectivity index (χ3v) is 6.85. The largest absolute Gasteiger partial charge is 0.507 e. The van der Waals surface area contributed by atoms with Crippen LogP contribution in [0.15, 0.2) is 89.6 Å². The third kappa shape index (κ3) is 4.06. The summed E-state index contributed by atoms with van der Waals surface area (Å²) in [4.78, 5) is 15.1. The quantitative estimate of drug-likeness (QED) is 0.380. The summed E-state index contributed by atoms with van der Waals surface area (Å²) >= 11 is 6.28. The minimum absolute atomic E-state index is 0.00737. The van der Waals surface area contributed by atoms with Crippen LogP contribution < -0.4 is 4.90 Å². The number of nitrogens with one attached hydrogen (secondary N) is 1. The van der Waals surface area contributed by atoms with Gasteiger partial charge in [0.1, 0.15) is 17.4 Å². The zero-order valence-electron chi connectivity index (χ0n) is 19.2. The summed E-state index contributed by atoms with van der Waals surface area (Å²) in [6.45, 7) is 1.94. The predicted octanol–water partition coefficient (Wildman–Crippen LogP) is 7.34. The zero-order valence-corrected chi connectivity index (χ0v) is 19.9. The third-order valence-electron chi connectivity index (χ3n) is 6.62. The monoisotopic (exact) mass is 486 g/mol. The molecule has 3 aromatic rings. The van der Waals surface area contributed by atoms with Gasteiger partial charge in [-0.2, -0.15) is 0 Å². The van der Waals surface area contributed by atoms with Gasteiger partial charge < -0.3 is 5.11 Å². The first-order chi connectivity index (χ1) is 16.9. The molecule has 176 valence electrons. The highest BCUT2D eigenvalue weighted by atomic mass is 35.5. The number of carbonyl (C=O) groups is 1. The second-order valence-electron chi connectivity index (χ2n) is 8.88. The summed E-state index contributed by atoms with van der Waals surface area (Å²) in [5, 5.41) is 21.3. The lowest BCUT2D eigenvalue weighted by Gasteiger charge is -2.41. The zero-order chi connectivity index (χ0) is 24.7. The van der Waals surface area contributed by atoms with Gasteiger partial charge in [0, 0.05) is 51.0 Å². The molecule has 4 nitrogen and oxygen atoms in total. The van der Waals surface area contributed by atoms with Crippen molar-refractivity contribution in [3.05, 3.63) is 117 Å². The second kappa shape index (κ2) is 9.16. The maximum absolute atomic E-state index is 15.2. The summed E-state index contributed by atoms with van der Waals surface area (Å²) in [6, 6.07) is 20.6. The molecule has 1 aliphatic carbocycles. The smallest absolute Gasteiger partial charge is 0.161 e. The molecule has 0 fully saturated rings. The molecule has 6 heteroatoms. The molecule has 0 bridgehead atoms. The highest BCUT2D eigenvalue weighted by Gasteiger charge is 2.44. The van der Waals surface area contributed by atoms with Gasteiger partial charge in [0.15, 0.2) is 5.78 Å². The molecule has 5 rings (SSSR count). The molecule has 1 heterocycles. The standard InChI is InChI=1S/C29H24ClFN2O2/c1-17-12-14-18(15-13-17)28(35)27-25(21-8-2-3-9-22(21)31)26-23(10-5-11-24(26)34)33(29(27)32)20-7-4-6-19(30)16-20/h2-4,6-9,12-16,25,32,35H,5,10-11H2,1H3/b28-27+,32-29?. The van der Waals surface area contributed by atoms with E-state index in [1.54, 1.807) is 53.4 Å². The van der Waals surface area contributed by atoms with Crippen LogP contribution in [0, 0.1) is 18.2 Å². The number of anilines is 1. The number of nitrogens with zero attached hydrogens (tertiary/aromatic N) is 1. The number of allylic oxidation sites excluding steroid dienone is 2. The molecule has 2 N–H and O–H groups in total. The Morgan fingerprint density at radius 3 is 2.51 bits per heavy atom. The van der Waals surface area contributed by atoms with E-state index in [9.17, 15) is 15.3 Å². The Hall–Kier alpha value is -3.70. The van der Waals surface area contributed by atoms with Crippen LogP contribution in [0.1, 0.15) is 41.9 Å². The minimum Gasteiger partial charge on any atom is -0.507 e. The van der Waals surface area contributed by atoms with Crippen molar-refractivity contribution in [2.24, 2.45) is 0 Å². The number of hydrogen-bond donors (Lipinski definition) is 2. The number of ketones is 1. The first kappa shape index (κ1) is 23.1. The fourth-order valence-electron chi connectivity index (χ4n) is 4.98. The van der Waals surface area contributed by atoms with Gasteiger partial charge in [-0.1, -0.05) is 65.7 Å². The van der Waals surface area contributed by atoms with Crippen molar-refractivity contribution < 1.29 is 14.3 Å². The van der Waals surface area contributed by atoms with Crippen LogP contribution in [0.4, 0.5) is 10.1 Å². The van der Waals surface area contributed by atoms with Crippen molar-refractivity contribution in [1.29, 1.82) is 5.41 Å². The van der Waals surface area contributed by atoms with Crippen molar-refractivity contribution in [2.75, 3.05) is 4.90 Å². The topological polar surface area (TPSA) is 64.4 Å². The normalized spacial score (nSPS) is 19.6. The van der Waals surface area contributed by atoms with Crippen LogP contribution in [-0.4, -0.2) is 16.7 Å². The molecule has 3 aromatic carbocycles. The van der Waals surface area contributed by atoms with E-state index >= 15 is 4.39 Å². The van der Waals surface area contributed by atoms with E-state index in [2.05, 4.69) is 0 Å². The number of aliphatic hydroxyl groups is 1. The summed E-state index contributed by atoms with van der Waals surface area (Å²) in [6.07, 6.45) is 1.52. The highest BCUT2D eigenvalue weighted by Crippen LogP contribution is 2.48. The van der Waals surface area contributed by atoms with Crippen molar-refractivity contribution in [1.82, 2.24) is 0 Å². The average Bonchev–Trinajstić information content (AvgIpc) is 2.84. The summed E-state index contributed by atoms with van der Waals surface area (Å²) in [5.74, 6) is -1.65. The fourth-order valence-corrected chi connectivity index (χ4v) is 5.16. The van der Waals surface area contributed by atoms with E-state index in [1.807, 2.05) is 25.1 Å². The number of amidine groups is 1. The van der Waals surface area contributed by atoms with Crippen molar-refractivity contribution >= 4 is 34.7 Å². The van der Waals surface area contributed by atoms with Gasteiger partial charge in [-0.05, 0) is 44.0 Å². The van der Waals surface area contributed by atoms with Gasteiger partial charge >= 0.3 is 0 Å². The van der Waals surface area contributed by atoms with E-state index < -0.39 is 11.7 Å². The van der Waals surface area contributed by atoms with Crippen molar-refractivity contribution in [2.45, 2.75) is 32.1 Å². The summed E-state index contributed by atoms with van der Waals surface area (Å²) in [7, 11) is 0. The maximum atomic E-state index is 15.2. The molecule has 0 amide bonds. The predicted molar refractivity (Wildman–Crippen MR) is 137 cm³/mol. The number of Topliss-reactive ketones (excluding diaryl/α,β-unsaturated/α-hetero) is 1. The number of benzene rings is 3. The van der Waals surface area contributed by atoms with Crippen LogP contribution in [0.25, 0.3) is 5.76 Å². The Labute approximate surface area is 208 Å². The Balaban J connectivity index is 1.85. The Morgan fingerprint density at radius 1 is 1.06 bits per heavy atom. The van der Waals surface area contributed by atoms with Gasteiger partial charge in [0.25, 0.3) is 0 Å². The molecule has 1 atom stereocenters. The molecule has 0 radical (unpaired) electrons. The number of halogens is 2. The minimum atomic E-state index is -0.900. The second-order valence-corrected chi connectivity index (χ2v) is 9.32. The van der Waals surface area contributed by atoms with Crippen LogP contribution in [-0.2, 0) is 4.79 Å². The fraction of sp³-hybridized carbons (Fsp3) is 0.172. The van der Waals surface area contributed by atoms with E-state index in [-0.39, 0.29) is 28.5 Å². The summed E-state index contributed by atoms with van der Waals surface area (Å²) in [5.41, 5.74) is 3.66. The molecular weight excluding hydrogens is 463 g/mol. The number of rotatable bonds is 3. The summed E-state index contributed by atoms with van der Waals surface area (Å²) < 4.78 is 15.2. The molecule has 0 saturated carbocycles. The lowest BCUT2D eigenvalue weighted by Crippen LogP contribution is -2.42. The molecule has 0 saturated heterocycles. The molecule has 1 aliphatic heterocycles. The van der Waals surface area contributed by atoms with Crippen LogP contribution >= 0.6 is 11.6 Å². The number of hydrogen-bond acceptors (Lipinski definition) is 3. The Morgan fingerprint density at radius 2 is 1.80 bits per heavy atom. The molecule has 1 unspecified atom stereocenters. The Kier molecular flexibility index (Phi) is 6.03. The maximum Gasteiger partial charge on any atom is 0.161 e. The van der Waals surface area contributed by atoms with Crippen molar-refractivity contribution in [3.8, 4) is 0 Å². The number of carbonyl (C=O) groups excluding carboxylic acids is 1. The molecule has 2 aliphatic rings. The van der Waals surface area contributed by atoms with E-state index in [1.165, 1.54) is 6.07 Å². The van der Waals surface area contributed by atoms with Crippen LogP contribution in [0.2, 0.25) is 5.02 Å². The van der Waals surface area contributed by atoms with Gasteiger partial charge in [0.05, 0.1) is 0 Å². The van der Waals surface area contributed by atoms with Gasteiger partial charge in [-0.3, -0.25) is 15.1 Å². The molecular formula is C29H24ClFN2O2. The van der Waals surface area contributed by atoms with Gasteiger partial charge in [-0.15, -0.1) is 0 Å². The first-order valence-electron chi connectivity index (χ1n) is 11.5. The SMILES string of the molecule is Cc1ccc(/C(O)=C2\C(=N)N(c3cccc(Cl)c3)C3=C(C(=O)CCC3)C2c2ccccc2F)cc1. The number of aliphatic hydroxyl groups excluding tert-OH is 1. The van der Waals surface area contributed by atoms with Crippen LogP contribution in [0.5, 0.6) is 0 Å². The van der Waals surface area contributed by atoms with Crippen LogP contribution in [0.3, 0.4) is 0 Å². The highest BCUT2D eigenvalue weighted by molar-refractivity contribution is 6.31. The molecule has 0 aromatic heterocycles. The van der Waals surface area contributed by atoms with Crippen molar-refractivity contribution in [3.63, 3.8) is 0 Å². The molecule has 35 heavy (non-hydrogen) atoms. The van der Waals surface area contributed by atoms with Gasteiger partial charge in [0.2, 0.25) is 0 Å². The molecule has 0 spiro atoms. The first-order valence-corrected chi connectivity index (χ1v) is 11.9. The number of aryl methyl sites for hydroxylation is 1. The average molecular weight is 487 g/mol.